The zero-order valence-electron chi connectivity index (χ0n) is 13.7. The molecule has 2 aromatic rings. The SMILES string of the molecule is Cc1ccnc(N2CCO[C@H](c3ccc(OC(F)F)cc3)C2)c1C#N. The van der Waals surface area contributed by atoms with Crippen LogP contribution in [0.15, 0.2) is 36.5 Å². The number of rotatable bonds is 4. The number of nitriles is 1. The molecular weight excluding hydrogens is 328 g/mol. The molecule has 5 nitrogen and oxygen atoms in total. The monoisotopic (exact) mass is 345 g/mol. The Morgan fingerprint density at radius 1 is 1.32 bits per heavy atom. The smallest absolute Gasteiger partial charge is 0.387 e. The van der Waals surface area contributed by atoms with Crippen LogP contribution in [-0.4, -0.2) is 31.3 Å². The summed E-state index contributed by atoms with van der Waals surface area (Å²) in [6.07, 6.45) is 1.45. The molecule has 130 valence electrons. The van der Waals surface area contributed by atoms with Gasteiger partial charge in [-0.05, 0) is 36.2 Å². The van der Waals surface area contributed by atoms with Gasteiger partial charge in [0.2, 0.25) is 0 Å². The van der Waals surface area contributed by atoms with Crippen molar-refractivity contribution in [1.29, 1.82) is 5.26 Å². The highest BCUT2D eigenvalue weighted by Crippen LogP contribution is 2.29. The van der Waals surface area contributed by atoms with Crippen molar-refractivity contribution in [2.75, 3.05) is 24.6 Å². The van der Waals surface area contributed by atoms with Gasteiger partial charge in [0, 0.05) is 19.3 Å². The highest BCUT2D eigenvalue weighted by Gasteiger charge is 2.25. The Labute approximate surface area is 144 Å². The third-order valence-corrected chi connectivity index (χ3v) is 4.09. The van der Waals surface area contributed by atoms with Crippen LogP contribution in [0.1, 0.15) is 22.8 Å². The highest BCUT2D eigenvalue weighted by atomic mass is 19.3. The van der Waals surface area contributed by atoms with Gasteiger partial charge in [-0.25, -0.2) is 4.98 Å². The fourth-order valence-corrected chi connectivity index (χ4v) is 2.83. The van der Waals surface area contributed by atoms with Crippen LogP contribution in [0.3, 0.4) is 0 Å². The van der Waals surface area contributed by atoms with E-state index in [2.05, 4.69) is 15.8 Å². The third kappa shape index (κ3) is 3.86. The Hall–Kier alpha value is -2.72. The number of aryl methyl sites for hydroxylation is 1. The first-order valence-electron chi connectivity index (χ1n) is 7.85. The van der Waals surface area contributed by atoms with Crippen molar-refractivity contribution in [2.45, 2.75) is 19.6 Å². The van der Waals surface area contributed by atoms with Crippen LogP contribution in [0.2, 0.25) is 0 Å². The number of alkyl halides is 2. The zero-order chi connectivity index (χ0) is 17.8. The fraction of sp³-hybridized carbons (Fsp3) is 0.333. The second-order valence-corrected chi connectivity index (χ2v) is 5.69. The van der Waals surface area contributed by atoms with Crippen molar-refractivity contribution in [2.24, 2.45) is 0 Å². The number of anilines is 1. The van der Waals surface area contributed by atoms with E-state index in [0.29, 0.717) is 31.1 Å². The van der Waals surface area contributed by atoms with E-state index in [9.17, 15) is 14.0 Å². The Kier molecular flexibility index (Phi) is 5.10. The van der Waals surface area contributed by atoms with Gasteiger partial charge in [0.05, 0.1) is 12.2 Å². The molecule has 0 radical (unpaired) electrons. The van der Waals surface area contributed by atoms with Crippen LogP contribution in [0.25, 0.3) is 0 Å². The molecule has 0 N–H and O–H groups in total. The van der Waals surface area contributed by atoms with Crippen molar-refractivity contribution in [3.8, 4) is 11.8 Å². The van der Waals surface area contributed by atoms with Crippen molar-refractivity contribution >= 4 is 5.82 Å². The van der Waals surface area contributed by atoms with Crippen molar-refractivity contribution in [3.05, 3.63) is 53.2 Å². The van der Waals surface area contributed by atoms with E-state index in [-0.39, 0.29) is 11.9 Å². The average molecular weight is 345 g/mol. The topological polar surface area (TPSA) is 58.4 Å². The average Bonchev–Trinajstić information content (AvgIpc) is 2.62. The van der Waals surface area contributed by atoms with Gasteiger partial charge in [-0.2, -0.15) is 14.0 Å². The van der Waals surface area contributed by atoms with E-state index >= 15 is 0 Å². The van der Waals surface area contributed by atoms with Gasteiger partial charge in [0.1, 0.15) is 23.7 Å². The molecule has 25 heavy (non-hydrogen) atoms. The van der Waals surface area contributed by atoms with Gasteiger partial charge in [0.25, 0.3) is 0 Å². The van der Waals surface area contributed by atoms with Crippen molar-refractivity contribution < 1.29 is 18.3 Å². The molecule has 7 heteroatoms. The minimum Gasteiger partial charge on any atom is -0.435 e. The molecule has 1 saturated heterocycles. The first-order chi connectivity index (χ1) is 12.1. The van der Waals surface area contributed by atoms with E-state index in [1.807, 2.05) is 17.9 Å². The lowest BCUT2D eigenvalue weighted by Gasteiger charge is -2.34. The van der Waals surface area contributed by atoms with E-state index in [1.165, 1.54) is 12.1 Å². The summed E-state index contributed by atoms with van der Waals surface area (Å²) >= 11 is 0. The van der Waals surface area contributed by atoms with E-state index < -0.39 is 6.61 Å². The number of hydrogen-bond acceptors (Lipinski definition) is 5. The standard InChI is InChI=1S/C18H17F2N3O2/c1-12-6-7-22-17(15(12)10-21)23-8-9-24-16(11-23)13-2-4-14(5-3-13)25-18(19)20/h2-7,16,18H,8-9,11H2,1H3/t16-/m0/s1. The molecule has 1 aromatic carbocycles. The lowest BCUT2D eigenvalue weighted by atomic mass is 10.1. The second kappa shape index (κ2) is 7.45. The molecule has 0 spiro atoms. The predicted molar refractivity (Wildman–Crippen MR) is 87.7 cm³/mol. The van der Waals surface area contributed by atoms with Gasteiger partial charge in [-0.1, -0.05) is 12.1 Å². The van der Waals surface area contributed by atoms with E-state index in [0.717, 1.165) is 11.1 Å². The summed E-state index contributed by atoms with van der Waals surface area (Å²) in [5, 5.41) is 9.39. The molecule has 1 aliphatic heterocycles. The minimum absolute atomic E-state index is 0.110. The summed E-state index contributed by atoms with van der Waals surface area (Å²) in [7, 11) is 0. The Bertz CT molecular complexity index is 775. The maximum Gasteiger partial charge on any atom is 0.387 e. The number of nitrogens with zero attached hydrogens (tertiary/aromatic N) is 3. The first kappa shape index (κ1) is 17.1. The quantitative estimate of drug-likeness (QED) is 0.850. The third-order valence-electron chi connectivity index (χ3n) is 4.09. The summed E-state index contributed by atoms with van der Waals surface area (Å²) in [5.41, 5.74) is 2.30. The molecule has 0 amide bonds. The van der Waals surface area contributed by atoms with Gasteiger partial charge in [-0.15, -0.1) is 0 Å². The van der Waals surface area contributed by atoms with Crippen LogP contribution < -0.4 is 9.64 Å². The van der Waals surface area contributed by atoms with Gasteiger partial charge in [-0.3, -0.25) is 0 Å². The zero-order valence-corrected chi connectivity index (χ0v) is 13.7. The van der Waals surface area contributed by atoms with Crippen LogP contribution in [0.4, 0.5) is 14.6 Å². The maximum absolute atomic E-state index is 12.2. The van der Waals surface area contributed by atoms with Gasteiger partial charge >= 0.3 is 6.61 Å². The summed E-state index contributed by atoms with van der Waals surface area (Å²) < 4.78 is 34.6. The number of pyridine rings is 1. The Balaban J connectivity index is 1.78. The normalized spacial score (nSPS) is 17.4. The summed E-state index contributed by atoms with van der Waals surface area (Å²) in [6, 6.07) is 10.4. The molecule has 1 fully saturated rings. The number of hydrogen-bond donors (Lipinski definition) is 0. The fourth-order valence-electron chi connectivity index (χ4n) is 2.83. The lowest BCUT2D eigenvalue weighted by Crippen LogP contribution is -2.39. The highest BCUT2D eigenvalue weighted by molar-refractivity contribution is 5.57. The second-order valence-electron chi connectivity index (χ2n) is 5.69. The number of halogens is 2. The minimum atomic E-state index is -2.84. The molecule has 1 aliphatic rings. The Morgan fingerprint density at radius 3 is 2.76 bits per heavy atom. The lowest BCUT2D eigenvalue weighted by molar-refractivity contribution is -0.0498. The molecule has 0 saturated carbocycles. The predicted octanol–water partition coefficient (Wildman–Crippen LogP) is 3.44. The van der Waals surface area contributed by atoms with Crippen LogP contribution in [-0.2, 0) is 4.74 Å². The molecule has 3 rings (SSSR count). The number of morpholine rings is 1. The molecule has 0 unspecified atom stereocenters. The number of aromatic nitrogens is 1. The van der Waals surface area contributed by atoms with Crippen LogP contribution in [0, 0.1) is 18.3 Å². The van der Waals surface area contributed by atoms with Crippen molar-refractivity contribution in [1.82, 2.24) is 4.98 Å². The summed E-state index contributed by atoms with van der Waals surface area (Å²) in [5.74, 6) is 0.756. The van der Waals surface area contributed by atoms with E-state index in [1.54, 1.807) is 18.3 Å². The van der Waals surface area contributed by atoms with Crippen LogP contribution >= 0.6 is 0 Å². The maximum atomic E-state index is 12.2. The van der Waals surface area contributed by atoms with Gasteiger partial charge < -0.3 is 14.4 Å². The van der Waals surface area contributed by atoms with E-state index in [4.69, 9.17) is 4.74 Å². The van der Waals surface area contributed by atoms with Crippen molar-refractivity contribution in [3.63, 3.8) is 0 Å². The molecule has 1 atom stereocenters. The van der Waals surface area contributed by atoms with Gasteiger partial charge in [0.15, 0.2) is 0 Å². The molecule has 2 heterocycles. The summed E-state index contributed by atoms with van der Waals surface area (Å²) in [4.78, 5) is 6.37. The largest absolute Gasteiger partial charge is 0.435 e. The number of benzene rings is 1. The molecule has 0 bridgehead atoms. The molecule has 1 aromatic heterocycles. The van der Waals surface area contributed by atoms with Crippen LogP contribution in [0.5, 0.6) is 5.75 Å². The first-order valence-corrected chi connectivity index (χ1v) is 7.85. The molecule has 0 aliphatic carbocycles. The Morgan fingerprint density at radius 2 is 2.08 bits per heavy atom. The number of ether oxygens (including phenoxy) is 2. The summed E-state index contributed by atoms with van der Waals surface area (Å²) in [6.45, 7) is 0.683. The molecular formula is C18H17F2N3O2.